The van der Waals surface area contributed by atoms with Crippen molar-refractivity contribution in [3.63, 3.8) is 0 Å². The van der Waals surface area contributed by atoms with Gasteiger partial charge in [0.25, 0.3) is 5.91 Å². The van der Waals surface area contributed by atoms with E-state index in [-0.39, 0.29) is 29.5 Å². The Bertz CT molecular complexity index is 867. The third kappa shape index (κ3) is 4.22. The van der Waals surface area contributed by atoms with Crippen LogP contribution in [0, 0.1) is 0 Å². The van der Waals surface area contributed by atoms with E-state index in [1.165, 1.54) is 4.90 Å². The van der Waals surface area contributed by atoms with Crippen molar-refractivity contribution in [2.45, 2.75) is 25.4 Å². The molecule has 0 bridgehead atoms. The summed E-state index contributed by atoms with van der Waals surface area (Å²) in [4.78, 5) is 18.3. The highest BCUT2D eigenvalue weighted by molar-refractivity contribution is 7.91. The Morgan fingerprint density at radius 3 is 2.54 bits per heavy atom. The van der Waals surface area contributed by atoms with Crippen molar-refractivity contribution < 1.29 is 13.2 Å². The van der Waals surface area contributed by atoms with Crippen molar-refractivity contribution in [3.05, 3.63) is 59.9 Å². The van der Waals surface area contributed by atoms with Crippen molar-refractivity contribution in [1.82, 2.24) is 9.88 Å². The van der Waals surface area contributed by atoms with Crippen LogP contribution in [0.15, 0.2) is 48.7 Å². The average molecular weight is 373 g/mol. The zero-order valence-electron chi connectivity index (χ0n) is 14.9. The quantitative estimate of drug-likeness (QED) is 0.871. The summed E-state index contributed by atoms with van der Waals surface area (Å²) in [6.45, 7) is 2.06. The van der Waals surface area contributed by atoms with Gasteiger partial charge in [0.2, 0.25) is 0 Å². The highest BCUT2D eigenvalue weighted by atomic mass is 32.2. The number of rotatable bonds is 5. The summed E-state index contributed by atoms with van der Waals surface area (Å²) in [5, 5.41) is 3.35. The van der Waals surface area contributed by atoms with Crippen molar-refractivity contribution >= 4 is 21.4 Å². The normalized spacial score (nSPS) is 19.7. The van der Waals surface area contributed by atoms with Gasteiger partial charge in [-0.1, -0.05) is 30.3 Å². The molecule has 3 rings (SSSR count). The minimum absolute atomic E-state index is 0.0312. The van der Waals surface area contributed by atoms with Gasteiger partial charge in [-0.2, -0.15) is 0 Å². The number of nitrogens with zero attached hydrogens (tertiary/aromatic N) is 2. The number of carbonyl (C=O) groups is 1. The maximum absolute atomic E-state index is 12.5. The van der Waals surface area contributed by atoms with E-state index < -0.39 is 9.84 Å². The standard InChI is InChI=1S/C19H23N3O3S/c1-14(15-6-4-3-5-7-15)21-16-8-9-18(20-12-16)19(23)22(2)17-10-11-26(24,25)13-17/h3-9,12,14,17,21H,10-11,13H2,1-2H3. The van der Waals surface area contributed by atoms with Gasteiger partial charge in [-0.3, -0.25) is 4.79 Å². The van der Waals surface area contributed by atoms with Gasteiger partial charge < -0.3 is 10.2 Å². The lowest BCUT2D eigenvalue weighted by atomic mass is 10.1. The third-order valence-corrected chi connectivity index (χ3v) is 6.49. The Labute approximate surface area is 154 Å². The molecule has 1 fully saturated rings. The van der Waals surface area contributed by atoms with E-state index in [0.717, 1.165) is 11.3 Å². The Balaban J connectivity index is 1.64. The molecule has 2 aromatic rings. The minimum atomic E-state index is -3.03. The summed E-state index contributed by atoms with van der Waals surface area (Å²) in [6, 6.07) is 13.4. The second kappa shape index (κ2) is 7.45. The molecule has 2 heterocycles. The number of carbonyl (C=O) groups excluding carboxylic acids is 1. The molecule has 2 atom stereocenters. The first-order valence-corrected chi connectivity index (χ1v) is 10.4. The molecule has 1 aromatic heterocycles. The maximum Gasteiger partial charge on any atom is 0.272 e. The van der Waals surface area contributed by atoms with E-state index >= 15 is 0 Å². The van der Waals surface area contributed by atoms with Crippen LogP contribution in [0.3, 0.4) is 0 Å². The van der Waals surface area contributed by atoms with E-state index in [2.05, 4.69) is 17.2 Å². The molecule has 2 unspecified atom stereocenters. The summed E-state index contributed by atoms with van der Waals surface area (Å²) in [5.41, 5.74) is 2.30. The molecule has 0 radical (unpaired) electrons. The molecule has 1 saturated heterocycles. The largest absolute Gasteiger partial charge is 0.377 e. The van der Waals surface area contributed by atoms with E-state index in [9.17, 15) is 13.2 Å². The molecule has 1 aliphatic heterocycles. The number of anilines is 1. The van der Waals surface area contributed by atoms with E-state index in [1.807, 2.05) is 36.4 Å². The number of benzene rings is 1. The van der Waals surface area contributed by atoms with Gasteiger partial charge in [0.05, 0.1) is 23.4 Å². The number of pyridine rings is 1. The van der Waals surface area contributed by atoms with Gasteiger partial charge in [-0.05, 0) is 31.0 Å². The molecule has 0 saturated carbocycles. The van der Waals surface area contributed by atoms with Crippen LogP contribution < -0.4 is 5.32 Å². The SMILES string of the molecule is CC(Nc1ccc(C(=O)N(C)C2CCS(=O)(=O)C2)nc1)c1ccccc1. The molecule has 6 nitrogen and oxygen atoms in total. The Hall–Kier alpha value is -2.41. The van der Waals surface area contributed by atoms with Crippen molar-refractivity contribution in [2.24, 2.45) is 0 Å². The number of hydrogen-bond acceptors (Lipinski definition) is 5. The summed E-state index contributed by atoms with van der Waals surface area (Å²) in [7, 11) is -1.39. The van der Waals surface area contributed by atoms with Crippen LogP contribution in [0.2, 0.25) is 0 Å². The molecule has 1 amide bonds. The fourth-order valence-corrected chi connectivity index (χ4v) is 4.88. The first-order chi connectivity index (χ1) is 12.4. The summed E-state index contributed by atoms with van der Waals surface area (Å²) >= 11 is 0. The van der Waals surface area contributed by atoms with E-state index in [1.54, 1.807) is 19.3 Å². The zero-order valence-corrected chi connectivity index (χ0v) is 15.7. The van der Waals surface area contributed by atoms with Crippen molar-refractivity contribution in [1.29, 1.82) is 0 Å². The second-order valence-electron chi connectivity index (χ2n) is 6.68. The zero-order chi connectivity index (χ0) is 18.7. The van der Waals surface area contributed by atoms with Crippen molar-refractivity contribution in [2.75, 3.05) is 23.9 Å². The fraction of sp³-hybridized carbons (Fsp3) is 0.368. The van der Waals surface area contributed by atoms with Gasteiger partial charge in [0, 0.05) is 19.1 Å². The van der Waals surface area contributed by atoms with Crippen LogP contribution >= 0.6 is 0 Å². The summed E-state index contributed by atoms with van der Waals surface area (Å²) in [5.74, 6) is -0.0818. The van der Waals surface area contributed by atoms with Crippen LogP contribution in [0.5, 0.6) is 0 Å². The number of nitrogens with one attached hydrogen (secondary N) is 1. The van der Waals surface area contributed by atoms with E-state index in [0.29, 0.717) is 12.1 Å². The summed E-state index contributed by atoms with van der Waals surface area (Å²) in [6.07, 6.45) is 2.12. The molecule has 1 aliphatic rings. The van der Waals surface area contributed by atoms with Gasteiger partial charge in [-0.25, -0.2) is 13.4 Å². The average Bonchev–Trinajstić information content (AvgIpc) is 3.01. The lowest BCUT2D eigenvalue weighted by molar-refractivity contribution is 0.0742. The molecular weight excluding hydrogens is 350 g/mol. The number of aromatic nitrogens is 1. The molecule has 1 aromatic carbocycles. The molecule has 1 N–H and O–H groups in total. The topological polar surface area (TPSA) is 79.4 Å². The number of amides is 1. The maximum atomic E-state index is 12.5. The molecule has 138 valence electrons. The Morgan fingerprint density at radius 2 is 1.96 bits per heavy atom. The van der Waals surface area contributed by atoms with Crippen LogP contribution in [0.1, 0.15) is 35.4 Å². The Morgan fingerprint density at radius 1 is 1.23 bits per heavy atom. The van der Waals surface area contributed by atoms with Crippen molar-refractivity contribution in [3.8, 4) is 0 Å². The molecule has 26 heavy (non-hydrogen) atoms. The van der Waals surface area contributed by atoms with Crippen LogP contribution in [0.25, 0.3) is 0 Å². The smallest absolute Gasteiger partial charge is 0.272 e. The van der Waals surface area contributed by atoms with Gasteiger partial charge in [0.1, 0.15) is 5.69 Å². The first kappa shape index (κ1) is 18.4. The van der Waals surface area contributed by atoms with Crippen LogP contribution in [0.4, 0.5) is 5.69 Å². The highest BCUT2D eigenvalue weighted by Gasteiger charge is 2.33. The minimum Gasteiger partial charge on any atom is -0.377 e. The predicted octanol–water partition coefficient (Wildman–Crippen LogP) is 2.51. The first-order valence-electron chi connectivity index (χ1n) is 8.61. The highest BCUT2D eigenvalue weighted by Crippen LogP contribution is 2.20. The van der Waals surface area contributed by atoms with Crippen LogP contribution in [-0.4, -0.2) is 48.8 Å². The van der Waals surface area contributed by atoms with Gasteiger partial charge in [-0.15, -0.1) is 0 Å². The monoisotopic (exact) mass is 373 g/mol. The third-order valence-electron chi connectivity index (χ3n) is 4.74. The second-order valence-corrected chi connectivity index (χ2v) is 8.91. The number of hydrogen-bond donors (Lipinski definition) is 1. The summed E-state index contributed by atoms with van der Waals surface area (Å²) < 4.78 is 23.2. The number of sulfone groups is 1. The van der Waals surface area contributed by atoms with Crippen LogP contribution in [-0.2, 0) is 9.84 Å². The lowest BCUT2D eigenvalue weighted by Gasteiger charge is -2.23. The molecule has 0 spiro atoms. The Kier molecular flexibility index (Phi) is 5.27. The molecule has 7 heteroatoms. The fourth-order valence-electron chi connectivity index (χ4n) is 3.11. The van der Waals surface area contributed by atoms with Gasteiger partial charge >= 0.3 is 0 Å². The van der Waals surface area contributed by atoms with E-state index in [4.69, 9.17) is 0 Å². The molecule has 0 aliphatic carbocycles. The lowest BCUT2D eigenvalue weighted by Crippen LogP contribution is -2.38. The van der Waals surface area contributed by atoms with Gasteiger partial charge in [0.15, 0.2) is 9.84 Å². The predicted molar refractivity (Wildman–Crippen MR) is 102 cm³/mol. The molecular formula is C19H23N3O3S.